The smallest absolute Gasteiger partial charge is 0.225 e. The Morgan fingerprint density at radius 1 is 1.48 bits per heavy atom. The highest BCUT2D eigenvalue weighted by Gasteiger charge is 2.37. The molecule has 5 heteroatoms. The van der Waals surface area contributed by atoms with Crippen molar-refractivity contribution in [3.8, 4) is 0 Å². The SMILES string of the molecule is CC[C@@H]1CN(C(=O)C2CC2)CC[C@@H]1NCc1scnc1C. The molecule has 1 saturated carbocycles. The zero-order valence-electron chi connectivity index (χ0n) is 13.0. The van der Waals surface area contributed by atoms with E-state index < -0.39 is 0 Å². The Morgan fingerprint density at radius 2 is 2.29 bits per heavy atom. The summed E-state index contributed by atoms with van der Waals surface area (Å²) in [7, 11) is 0. The van der Waals surface area contributed by atoms with Gasteiger partial charge in [-0.25, -0.2) is 4.98 Å². The quantitative estimate of drug-likeness (QED) is 0.909. The third kappa shape index (κ3) is 3.46. The normalized spacial score (nSPS) is 26.1. The number of thiazole rings is 1. The lowest BCUT2D eigenvalue weighted by molar-refractivity contribution is -0.134. The van der Waals surface area contributed by atoms with Crippen molar-refractivity contribution >= 4 is 17.2 Å². The molecule has 2 heterocycles. The van der Waals surface area contributed by atoms with Crippen molar-refractivity contribution in [3.05, 3.63) is 16.1 Å². The van der Waals surface area contributed by atoms with Crippen LogP contribution in [0.4, 0.5) is 0 Å². The molecular formula is C16H25N3OS. The molecule has 116 valence electrons. The number of aromatic nitrogens is 1. The molecule has 0 spiro atoms. The van der Waals surface area contributed by atoms with E-state index in [0.29, 0.717) is 23.8 Å². The molecule has 1 aliphatic heterocycles. The van der Waals surface area contributed by atoms with E-state index in [1.54, 1.807) is 11.3 Å². The topological polar surface area (TPSA) is 45.2 Å². The van der Waals surface area contributed by atoms with Gasteiger partial charge in [-0.05, 0) is 32.1 Å². The van der Waals surface area contributed by atoms with Gasteiger partial charge < -0.3 is 10.2 Å². The number of hydrogen-bond donors (Lipinski definition) is 1. The summed E-state index contributed by atoms with van der Waals surface area (Å²) in [5.41, 5.74) is 3.06. The van der Waals surface area contributed by atoms with Crippen LogP contribution in [0.2, 0.25) is 0 Å². The lowest BCUT2D eigenvalue weighted by Gasteiger charge is -2.39. The van der Waals surface area contributed by atoms with Crippen LogP contribution in [0.3, 0.4) is 0 Å². The van der Waals surface area contributed by atoms with Crippen LogP contribution in [-0.4, -0.2) is 34.9 Å². The number of aryl methyl sites for hydroxylation is 1. The van der Waals surface area contributed by atoms with E-state index in [-0.39, 0.29) is 0 Å². The summed E-state index contributed by atoms with van der Waals surface area (Å²) in [5.74, 6) is 1.34. The Hall–Kier alpha value is -0.940. The van der Waals surface area contributed by atoms with E-state index in [9.17, 15) is 4.79 Å². The third-order valence-corrected chi connectivity index (χ3v) is 5.80. The molecule has 2 aliphatic rings. The van der Waals surface area contributed by atoms with Crippen molar-refractivity contribution in [2.24, 2.45) is 11.8 Å². The first-order chi connectivity index (χ1) is 10.2. The van der Waals surface area contributed by atoms with E-state index in [1.807, 2.05) is 5.51 Å². The number of nitrogens with zero attached hydrogens (tertiary/aromatic N) is 2. The van der Waals surface area contributed by atoms with Gasteiger partial charge in [0.05, 0.1) is 11.2 Å². The molecule has 0 aromatic carbocycles. The van der Waals surface area contributed by atoms with Crippen molar-refractivity contribution < 1.29 is 4.79 Å². The highest BCUT2D eigenvalue weighted by atomic mass is 32.1. The fourth-order valence-electron chi connectivity index (χ4n) is 3.22. The molecule has 0 bridgehead atoms. The summed E-state index contributed by atoms with van der Waals surface area (Å²) < 4.78 is 0. The Labute approximate surface area is 130 Å². The summed E-state index contributed by atoms with van der Waals surface area (Å²) in [5, 5.41) is 3.70. The molecule has 1 amide bonds. The second kappa shape index (κ2) is 6.44. The Morgan fingerprint density at radius 3 is 2.90 bits per heavy atom. The molecule has 2 fully saturated rings. The second-order valence-electron chi connectivity index (χ2n) is 6.36. The largest absolute Gasteiger partial charge is 0.342 e. The zero-order valence-corrected chi connectivity index (χ0v) is 13.8. The van der Waals surface area contributed by atoms with Gasteiger partial charge in [-0.15, -0.1) is 11.3 Å². The summed E-state index contributed by atoms with van der Waals surface area (Å²) in [6.07, 6.45) is 4.43. The van der Waals surface area contributed by atoms with E-state index in [2.05, 4.69) is 29.0 Å². The van der Waals surface area contributed by atoms with E-state index in [1.165, 1.54) is 4.88 Å². The molecule has 1 saturated heterocycles. The molecule has 2 atom stereocenters. The van der Waals surface area contributed by atoms with E-state index in [4.69, 9.17) is 0 Å². The van der Waals surface area contributed by atoms with Crippen molar-refractivity contribution in [3.63, 3.8) is 0 Å². The second-order valence-corrected chi connectivity index (χ2v) is 7.30. The number of hydrogen-bond acceptors (Lipinski definition) is 4. The first-order valence-electron chi connectivity index (χ1n) is 8.10. The zero-order chi connectivity index (χ0) is 14.8. The highest BCUT2D eigenvalue weighted by molar-refractivity contribution is 7.09. The van der Waals surface area contributed by atoms with Crippen LogP contribution in [0, 0.1) is 18.8 Å². The van der Waals surface area contributed by atoms with Gasteiger partial charge in [0.2, 0.25) is 5.91 Å². The molecule has 3 rings (SSSR count). The van der Waals surface area contributed by atoms with Gasteiger partial charge in [0.15, 0.2) is 0 Å². The Balaban J connectivity index is 1.54. The third-order valence-electron chi connectivity index (χ3n) is 4.87. The molecule has 0 unspecified atom stereocenters. The van der Waals surface area contributed by atoms with Crippen molar-refractivity contribution in [2.75, 3.05) is 13.1 Å². The minimum atomic E-state index is 0.354. The highest BCUT2D eigenvalue weighted by Crippen LogP contribution is 2.33. The monoisotopic (exact) mass is 307 g/mol. The van der Waals surface area contributed by atoms with Crippen LogP contribution in [0.5, 0.6) is 0 Å². The number of carbonyl (C=O) groups excluding carboxylic acids is 1. The molecule has 1 aliphatic carbocycles. The number of amides is 1. The van der Waals surface area contributed by atoms with E-state index in [0.717, 1.165) is 51.0 Å². The summed E-state index contributed by atoms with van der Waals surface area (Å²) in [6.45, 7) is 7.08. The van der Waals surface area contributed by atoms with Gasteiger partial charge >= 0.3 is 0 Å². The Kier molecular flexibility index (Phi) is 4.60. The van der Waals surface area contributed by atoms with Gasteiger partial charge in [-0.1, -0.05) is 13.3 Å². The molecule has 21 heavy (non-hydrogen) atoms. The maximum Gasteiger partial charge on any atom is 0.225 e. The predicted octanol–water partition coefficient (Wildman–Crippen LogP) is 2.58. The fourth-order valence-corrected chi connectivity index (χ4v) is 3.95. The molecule has 1 N–H and O–H groups in total. The number of piperidine rings is 1. The average Bonchev–Trinajstić information content (AvgIpc) is 3.27. The van der Waals surface area contributed by atoms with Gasteiger partial charge in [0, 0.05) is 36.5 Å². The molecule has 1 aromatic heterocycles. The predicted molar refractivity (Wildman–Crippen MR) is 85.2 cm³/mol. The van der Waals surface area contributed by atoms with Crippen LogP contribution in [0.15, 0.2) is 5.51 Å². The minimum Gasteiger partial charge on any atom is -0.342 e. The number of likely N-dealkylation sites (tertiary alicyclic amines) is 1. The van der Waals surface area contributed by atoms with Crippen LogP contribution in [0.1, 0.15) is 43.2 Å². The molecule has 4 nitrogen and oxygen atoms in total. The summed E-state index contributed by atoms with van der Waals surface area (Å²) in [6, 6.07) is 0.528. The van der Waals surface area contributed by atoms with Crippen molar-refractivity contribution in [1.82, 2.24) is 15.2 Å². The maximum absolute atomic E-state index is 12.2. The number of carbonyl (C=O) groups is 1. The molecular weight excluding hydrogens is 282 g/mol. The summed E-state index contributed by atoms with van der Waals surface area (Å²) >= 11 is 1.73. The molecule has 1 aromatic rings. The fraction of sp³-hybridized carbons (Fsp3) is 0.750. The number of rotatable bonds is 5. The average molecular weight is 307 g/mol. The van der Waals surface area contributed by atoms with Crippen molar-refractivity contribution in [1.29, 1.82) is 0 Å². The van der Waals surface area contributed by atoms with Crippen LogP contribution < -0.4 is 5.32 Å². The van der Waals surface area contributed by atoms with Gasteiger partial charge in [-0.3, -0.25) is 4.79 Å². The molecule has 0 radical (unpaired) electrons. The van der Waals surface area contributed by atoms with Gasteiger partial charge in [0.25, 0.3) is 0 Å². The van der Waals surface area contributed by atoms with Crippen molar-refractivity contribution in [2.45, 2.75) is 52.1 Å². The van der Waals surface area contributed by atoms with Gasteiger partial charge in [0.1, 0.15) is 0 Å². The van der Waals surface area contributed by atoms with Crippen LogP contribution >= 0.6 is 11.3 Å². The van der Waals surface area contributed by atoms with Crippen LogP contribution in [0.25, 0.3) is 0 Å². The summed E-state index contributed by atoms with van der Waals surface area (Å²) in [4.78, 5) is 20.0. The van der Waals surface area contributed by atoms with Crippen LogP contribution in [-0.2, 0) is 11.3 Å². The van der Waals surface area contributed by atoms with E-state index >= 15 is 0 Å². The maximum atomic E-state index is 12.2. The lowest BCUT2D eigenvalue weighted by Crippen LogP contribution is -2.51. The first kappa shape index (κ1) is 15.0. The number of nitrogens with one attached hydrogen (secondary N) is 1. The minimum absolute atomic E-state index is 0.354. The lowest BCUT2D eigenvalue weighted by atomic mass is 9.89. The van der Waals surface area contributed by atoms with Gasteiger partial charge in [-0.2, -0.15) is 0 Å². The first-order valence-corrected chi connectivity index (χ1v) is 8.98. The Bertz CT molecular complexity index is 497. The standard InChI is InChI=1S/C16H25N3OS/c1-3-12-9-19(16(20)13-4-5-13)7-6-14(12)17-8-15-11(2)18-10-21-15/h10,12-14,17H,3-9H2,1-2H3/t12-,14+/m1/s1.